The summed E-state index contributed by atoms with van der Waals surface area (Å²) < 4.78 is 7.10. The lowest BCUT2D eigenvalue weighted by Gasteiger charge is -2.50. The molecule has 0 bridgehead atoms. The van der Waals surface area contributed by atoms with E-state index in [2.05, 4.69) is 33.1 Å². The number of hydrogen-bond acceptors (Lipinski definition) is 5. The smallest absolute Gasteiger partial charge is 0.249 e. The van der Waals surface area contributed by atoms with Crippen LogP contribution in [0.25, 0.3) is 0 Å². The average Bonchev–Trinajstić information content (AvgIpc) is 3.33. The molecule has 27 heavy (non-hydrogen) atoms. The summed E-state index contributed by atoms with van der Waals surface area (Å²) in [6, 6.07) is 0. The minimum Gasteiger partial charge on any atom is -0.375 e. The Morgan fingerprint density at radius 1 is 1.33 bits per heavy atom. The summed E-state index contributed by atoms with van der Waals surface area (Å²) in [4.78, 5) is 25.1. The van der Waals surface area contributed by atoms with Crippen LogP contribution in [0.3, 0.4) is 0 Å². The molecular weight excluding hydrogens is 344 g/mol. The van der Waals surface area contributed by atoms with E-state index in [4.69, 9.17) is 4.74 Å². The van der Waals surface area contributed by atoms with E-state index in [9.17, 15) is 4.79 Å². The zero-order valence-corrected chi connectivity index (χ0v) is 16.1. The molecule has 4 rings (SSSR count). The molecule has 2 aliphatic heterocycles. The average molecular weight is 372 g/mol. The maximum Gasteiger partial charge on any atom is 0.249 e. The second kappa shape index (κ2) is 7.44. The van der Waals surface area contributed by atoms with Crippen LogP contribution in [0.4, 0.5) is 0 Å². The minimum atomic E-state index is -0.312. The van der Waals surface area contributed by atoms with Gasteiger partial charge >= 0.3 is 0 Å². The summed E-state index contributed by atoms with van der Waals surface area (Å²) in [5.41, 5.74) is 3.16. The first-order chi connectivity index (χ1) is 13.2. The van der Waals surface area contributed by atoms with Crippen molar-refractivity contribution in [3.8, 4) is 0 Å². The molecular formula is C19H28N6O2. The summed E-state index contributed by atoms with van der Waals surface area (Å²) in [5.74, 6) is 0.0591. The molecule has 0 unspecified atom stereocenters. The third kappa shape index (κ3) is 3.27. The van der Waals surface area contributed by atoms with Crippen molar-refractivity contribution in [2.24, 2.45) is 0 Å². The number of piperidine rings is 1. The molecule has 146 valence electrons. The van der Waals surface area contributed by atoms with E-state index in [1.54, 1.807) is 13.4 Å². The lowest BCUT2D eigenvalue weighted by atomic mass is 9.78. The molecule has 2 aromatic rings. The van der Waals surface area contributed by atoms with Gasteiger partial charge in [0.05, 0.1) is 23.8 Å². The Balaban J connectivity index is 1.52. The van der Waals surface area contributed by atoms with Crippen molar-refractivity contribution in [3.63, 3.8) is 0 Å². The Hall–Kier alpha value is -2.19. The van der Waals surface area contributed by atoms with Gasteiger partial charge in [0.2, 0.25) is 5.91 Å². The SMILES string of the molecule is CCn1cc(CN2CCC3(CC2)c2nc[nH]c2CCN3C(=O)COC)cn1. The first-order valence-electron chi connectivity index (χ1n) is 9.72. The predicted molar refractivity (Wildman–Crippen MR) is 100.0 cm³/mol. The Morgan fingerprint density at radius 3 is 2.85 bits per heavy atom. The van der Waals surface area contributed by atoms with Crippen molar-refractivity contribution in [3.05, 3.63) is 35.7 Å². The third-order valence-corrected chi connectivity index (χ3v) is 5.93. The second-order valence-electron chi connectivity index (χ2n) is 7.47. The number of aryl methyl sites for hydroxylation is 1. The maximum absolute atomic E-state index is 12.7. The molecule has 1 saturated heterocycles. The highest BCUT2D eigenvalue weighted by Gasteiger charge is 2.48. The molecule has 0 aromatic carbocycles. The molecule has 2 aromatic heterocycles. The molecule has 2 aliphatic rings. The van der Waals surface area contributed by atoms with Crippen LogP contribution in [0.1, 0.15) is 36.7 Å². The number of likely N-dealkylation sites (tertiary alicyclic amines) is 1. The molecule has 1 fully saturated rings. The molecule has 8 heteroatoms. The van der Waals surface area contributed by atoms with Crippen molar-refractivity contribution in [2.45, 2.75) is 44.8 Å². The van der Waals surface area contributed by atoms with Crippen molar-refractivity contribution in [1.82, 2.24) is 29.5 Å². The largest absolute Gasteiger partial charge is 0.375 e. The Bertz CT molecular complexity index is 790. The summed E-state index contributed by atoms with van der Waals surface area (Å²) in [6.45, 7) is 6.59. The lowest BCUT2D eigenvalue weighted by Crippen LogP contribution is -2.58. The van der Waals surface area contributed by atoms with Gasteiger partial charge in [0.1, 0.15) is 6.61 Å². The molecule has 8 nitrogen and oxygen atoms in total. The number of imidazole rings is 1. The Morgan fingerprint density at radius 2 is 2.15 bits per heavy atom. The van der Waals surface area contributed by atoms with Crippen LogP contribution < -0.4 is 0 Å². The number of methoxy groups -OCH3 is 1. The zero-order valence-electron chi connectivity index (χ0n) is 16.1. The topological polar surface area (TPSA) is 79.3 Å². The van der Waals surface area contributed by atoms with Crippen molar-refractivity contribution in [1.29, 1.82) is 0 Å². The van der Waals surface area contributed by atoms with Gasteiger partial charge in [-0.15, -0.1) is 0 Å². The van der Waals surface area contributed by atoms with E-state index in [-0.39, 0.29) is 18.1 Å². The van der Waals surface area contributed by atoms with E-state index >= 15 is 0 Å². The Labute approximate surface area is 159 Å². The van der Waals surface area contributed by atoms with E-state index < -0.39 is 0 Å². The summed E-state index contributed by atoms with van der Waals surface area (Å²) in [6.07, 6.45) is 8.44. The van der Waals surface area contributed by atoms with Crippen LogP contribution in [-0.4, -0.2) is 68.8 Å². The maximum atomic E-state index is 12.7. The number of H-pyrrole nitrogens is 1. The number of carbonyl (C=O) groups excluding carboxylic acids is 1. The minimum absolute atomic E-state index is 0.0591. The fourth-order valence-corrected chi connectivity index (χ4v) is 4.55. The third-order valence-electron chi connectivity index (χ3n) is 5.93. The van der Waals surface area contributed by atoms with Gasteiger partial charge in [-0.3, -0.25) is 14.4 Å². The summed E-state index contributed by atoms with van der Waals surface area (Å²) in [7, 11) is 1.58. The number of nitrogens with zero attached hydrogens (tertiary/aromatic N) is 5. The highest BCUT2D eigenvalue weighted by molar-refractivity contribution is 5.79. The quantitative estimate of drug-likeness (QED) is 0.852. The highest BCUT2D eigenvalue weighted by atomic mass is 16.5. The van der Waals surface area contributed by atoms with Gasteiger partial charge in [-0.25, -0.2) is 4.98 Å². The monoisotopic (exact) mass is 372 g/mol. The predicted octanol–water partition coefficient (Wildman–Crippen LogP) is 1.15. The number of amides is 1. The Kier molecular flexibility index (Phi) is 5.01. The number of carbonyl (C=O) groups is 1. The van der Waals surface area contributed by atoms with E-state index in [0.29, 0.717) is 0 Å². The zero-order chi connectivity index (χ0) is 18.9. The highest BCUT2D eigenvalue weighted by Crippen LogP contribution is 2.42. The van der Waals surface area contributed by atoms with Crippen LogP contribution in [0.2, 0.25) is 0 Å². The van der Waals surface area contributed by atoms with Gasteiger partial charge in [-0.2, -0.15) is 5.10 Å². The van der Waals surface area contributed by atoms with Crippen LogP contribution in [0, 0.1) is 0 Å². The molecule has 1 spiro atoms. The van der Waals surface area contributed by atoms with Crippen molar-refractivity contribution in [2.75, 3.05) is 33.4 Å². The fourth-order valence-electron chi connectivity index (χ4n) is 4.55. The van der Waals surface area contributed by atoms with Gasteiger partial charge in [0.15, 0.2) is 0 Å². The van der Waals surface area contributed by atoms with Gasteiger partial charge in [-0.05, 0) is 19.8 Å². The van der Waals surface area contributed by atoms with Gasteiger partial charge in [-0.1, -0.05) is 0 Å². The molecule has 4 heterocycles. The molecule has 0 aliphatic carbocycles. The summed E-state index contributed by atoms with van der Waals surface area (Å²) >= 11 is 0. The number of fused-ring (bicyclic) bond motifs is 2. The second-order valence-corrected chi connectivity index (χ2v) is 7.47. The number of nitrogens with one attached hydrogen (secondary N) is 1. The van der Waals surface area contributed by atoms with Gasteiger partial charge in [0, 0.05) is 63.7 Å². The number of aromatic nitrogens is 4. The van der Waals surface area contributed by atoms with Crippen LogP contribution in [0.15, 0.2) is 18.7 Å². The normalized spacial score (nSPS) is 19.4. The van der Waals surface area contributed by atoms with E-state index in [0.717, 1.165) is 57.7 Å². The fraction of sp³-hybridized carbons (Fsp3) is 0.632. The summed E-state index contributed by atoms with van der Waals surface area (Å²) in [5, 5.41) is 4.37. The number of rotatable bonds is 5. The standard InChI is InChI=1S/C19H28N6O2/c1-3-24-12-15(10-22-24)11-23-8-5-19(6-9-23)18-16(20-14-21-18)4-7-25(19)17(26)13-27-2/h10,12,14H,3-9,11,13H2,1-2H3,(H,20,21). The van der Waals surface area contributed by atoms with Crippen molar-refractivity contribution < 1.29 is 9.53 Å². The van der Waals surface area contributed by atoms with Crippen LogP contribution in [0.5, 0.6) is 0 Å². The van der Waals surface area contributed by atoms with E-state index in [1.807, 2.05) is 15.8 Å². The van der Waals surface area contributed by atoms with Crippen LogP contribution >= 0.6 is 0 Å². The molecule has 0 saturated carbocycles. The van der Waals surface area contributed by atoms with Crippen LogP contribution in [-0.2, 0) is 34.6 Å². The molecule has 0 atom stereocenters. The molecule has 1 N–H and O–H groups in total. The molecule has 0 radical (unpaired) electrons. The number of hydrogen-bond donors (Lipinski definition) is 1. The van der Waals surface area contributed by atoms with Gasteiger partial charge in [0.25, 0.3) is 0 Å². The number of aromatic amines is 1. The van der Waals surface area contributed by atoms with Gasteiger partial charge < -0.3 is 14.6 Å². The van der Waals surface area contributed by atoms with Crippen molar-refractivity contribution >= 4 is 5.91 Å². The first kappa shape index (κ1) is 18.2. The van der Waals surface area contributed by atoms with E-state index in [1.165, 1.54) is 11.3 Å². The lowest BCUT2D eigenvalue weighted by molar-refractivity contribution is -0.146. The number of ether oxygens (including phenoxy) is 1. The first-order valence-corrected chi connectivity index (χ1v) is 9.72. The molecule has 1 amide bonds.